The lowest BCUT2D eigenvalue weighted by atomic mass is 10.1. The lowest BCUT2D eigenvalue weighted by Crippen LogP contribution is -2.41. The van der Waals surface area contributed by atoms with Crippen molar-refractivity contribution in [3.63, 3.8) is 0 Å². The van der Waals surface area contributed by atoms with Crippen molar-refractivity contribution in [1.82, 2.24) is 9.62 Å². The van der Waals surface area contributed by atoms with Crippen LogP contribution in [0.2, 0.25) is 0 Å². The number of carbonyl (C=O) groups excluding carboxylic acids is 1. The molecule has 1 saturated heterocycles. The summed E-state index contributed by atoms with van der Waals surface area (Å²) >= 11 is 0. The largest absolute Gasteiger partial charge is 0.379 e. The van der Waals surface area contributed by atoms with Crippen LogP contribution in [-0.2, 0) is 31.9 Å². The van der Waals surface area contributed by atoms with E-state index >= 15 is 0 Å². The lowest BCUT2D eigenvalue weighted by molar-refractivity contribution is -0.121. The Morgan fingerprint density at radius 1 is 1.20 bits per heavy atom. The van der Waals surface area contributed by atoms with Gasteiger partial charge in [-0.25, -0.2) is 8.42 Å². The summed E-state index contributed by atoms with van der Waals surface area (Å²) in [6.07, 6.45) is 1.02. The first-order chi connectivity index (χ1) is 11.5. The number of sulfonamides is 1. The molecule has 3 N–H and O–H groups in total. The molecule has 25 heavy (non-hydrogen) atoms. The average Bonchev–Trinajstić information content (AvgIpc) is 2.59. The van der Waals surface area contributed by atoms with Crippen LogP contribution in [0.5, 0.6) is 0 Å². The third-order valence-corrected chi connectivity index (χ3v) is 5.73. The van der Waals surface area contributed by atoms with E-state index in [1.165, 1.54) is 4.31 Å². The molecule has 142 valence electrons. The number of amides is 1. The van der Waals surface area contributed by atoms with E-state index in [-0.39, 0.29) is 24.1 Å². The first-order valence-corrected chi connectivity index (χ1v) is 9.73. The number of ether oxygens (including phenoxy) is 1. The summed E-state index contributed by atoms with van der Waals surface area (Å²) in [7, 11) is -3.39. The minimum atomic E-state index is -3.39. The molecule has 9 heteroatoms. The number of nitrogens with zero attached hydrogens (tertiary/aromatic N) is 1. The maximum Gasteiger partial charge on any atom is 0.220 e. The van der Waals surface area contributed by atoms with Crippen LogP contribution in [0.3, 0.4) is 0 Å². The molecular formula is C16H26ClN3O4S. The van der Waals surface area contributed by atoms with Crippen LogP contribution in [0.1, 0.15) is 24.0 Å². The lowest BCUT2D eigenvalue weighted by Gasteiger charge is -2.26. The second-order valence-corrected chi connectivity index (χ2v) is 7.67. The van der Waals surface area contributed by atoms with E-state index in [4.69, 9.17) is 10.5 Å². The summed E-state index contributed by atoms with van der Waals surface area (Å²) in [6, 6.07) is 7.28. The molecule has 1 fully saturated rings. The first kappa shape index (κ1) is 21.9. The van der Waals surface area contributed by atoms with Gasteiger partial charge in [0.2, 0.25) is 15.9 Å². The number of benzene rings is 1. The number of carbonyl (C=O) groups is 1. The van der Waals surface area contributed by atoms with Gasteiger partial charge in [0.05, 0.1) is 19.0 Å². The van der Waals surface area contributed by atoms with Gasteiger partial charge in [-0.2, -0.15) is 4.31 Å². The van der Waals surface area contributed by atoms with Gasteiger partial charge in [-0.1, -0.05) is 24.3 Å². The van der Waals surface area contributed by atoms with Gasteiger partial charge in [0.1, 0.15) is 0 Å². The molecule has 0 aliphatic carbocycles. The zero-order valence-corrected chi connectivity index (χ0v) is 15.8. The Morgan fingerprint density at radius 2 is 1.84 bits per heavy atom. The minimum Gasteiger partial charge on any atom is -0.379 e. The zero-order chi connectivity index (χ0) is 17.4. The summed E-state index contributed by atoms with van der Waals surface area (Å²) < 4.78 is 31.8. The van der Waals surface area contributed by atoms with Crippen molar-refractivity contribution in [3.8, 4) is 0 Å². The average molecular weight is 392 g/mol. The zero-order valence-electron chi connectivity index (χ0n) is 14.1. The van der Waals surface area contributed by atoms with Gasteiger partial charge in [0, 0.05) is 26.1 Å². The summed E-state index contributed by atoms with van der Waals surface area (Å²) in [5, 5.41) is 2.82. The van der Waals surface area contributed by atoms with Crippen molar-refractivity contribution in [1.29, 1.82) is 0 Å². The number of rotatable bonds is 8. The van der Waals surface area contributed by atoms with E-state index in [9.17, 15) is 13.2 Å². The molecule has 1 heterocycles. The SMILES string of the molecule is Cl.NCCCC(=O)NCc1ccccc1CS(=O)(=O)N1CCOCC1. The van der Waals surface area contributed by atoms with Crippen LogP contribution in [0, 0.1) is 0 Å². The highest BCUT2D eigenvalue weighted by Gasteiger charge is 2.25. The maximum atomic E-state index is 12.6. The van der Waals surface area contributed by atoms with Gasteiger partial charge in [-0.05, 0) is 24.1 Å². The Balaban J connectivity index is 0.00000312. The molecule has 0 radical (unpaired) electrons. The van der Waals surface area contributed by atoms with Crippen LogP contribution in [0.4, 0.5) is 0 Å². The Hall–Kier alpha value is -1.19. The number of nitrogens with one attached hydrogen (secondary N) is 1. The second-order valence-electron chi connectivity index (χ2n) is 5.71. The number of hydrogen-bond acceptors (Lipinski definition) is 5. The molecule has 0 saturated carbocycles. The number of hydrogen-bond donors (Lipinski definition) is 2. The molecule has 1 aliphatic rings. The minimum absolute atomic E-state index is 0. The summed E-state index contributed by atoms with van der Waals surface area (Å²) in [5.74, 6) is -0.145. The highest BCUT2D eigenvalue weighted by Crippen LogP contribution is 2.16. The van der Waals surface area contributed by atoms with Crippen molar-refractivity contribution in [3.05, 3.63) is 35.4 Å². The van der Waals surface area contributed by atoms with E-state index < -0.39 is 10.0 Å². The predicted molar refractivity (Wildman–Crippen MR) is 98.8 cm³/mol. The van der Waals surface area contributed by atoms with Crippen LogP contribution >= 0.6 is 12.4 Å². The fraction of sp³-hybridized carbons (Fsp3) is 0.562. The monoisotopic (exact) mass is 391 g/mol. The van der Waals surface area contributed by atoms with E-state index in [2.05, 4.69) is 5.32 Å². The van der Waals surface area contributed by atoms with Crippen molar-refractivity contribution in [2.24, 2.45) is 5.73 Å². The fourth-order valence-electron chi connectivity index (χ4n) is 2.53. The summed E-state index contributed by atoms with van der Waals surface area (Å²) in [4.78, 5) is 11.7. The summed E-state index contributed by atoms with van der Waals surface area (Å²) in [6.45, 7) is 2.43. The van der Waals surface area contributed by atoms with Gasteiger partial charge in [0.25, 0.3) is 0 Å². The molecule has 7 nitrogen and oxygen atoms in total. The molecule has 1 aromatic carbocycles. The smallest absolute Gasteiger partial charge is 0.220 e. The molecule has 0 bridgehead atoms. The standard InChI is InChI=1S/C16H25N3O4S.ClH/c17-7-3-6-16(20)18-12-14-4-1-2-5-15(14)13-24(21,22)19-8-10-23-11-9-19;/h1-2,4-5H,3,6-13,17H2,(H,18,20);1H. The van der Waals surface area contributed by atoms with Crippen LogP contribution < -0.4 is 11.1 Å². The highest BCUT2D eigenvalue weighted by molar-refractivity contribution is 7.88. The highest BCUT2D eigenvalue weighted by atomic mass is 35.5. The Labute approximate surface area is 155 Å². The van der Waals surface area contributed by atoms with Gasteiger partial charge < -0.3 is 15.8 Å². The predicted octanol–water partition coefficient (Wildman–Crippen LogP) is 0.626. The van der Waals surface area contributed by atoms with Crippen molar-refractivity contribution in [2.45, 2.75) is 25.1 Å². The molecule has 0 spiro atoms. The Bertz CT molecular complexity index is 649. The van der Waals surface area contributed by atoms with Crippen molar-refractivity contribution in [2.75, 3.05) is 32.8 Å². The third kappa shape index (κ3) is 6.91. The molecule has 0 atom stereocenters. The molecule has 1 aliphatic heterocycles. The fourth-order valence-corrected chi connectivity index (χ4v) is 4.09. The number of halogens is 1. The number of morpholine rings is 1. The van der Waals surface area contributed by atoms with Crippen molar-refractivity contribution < 1.29 is 17.9 Å². The second kappa shape index (κ2) is 10.7. The Kier molecular flexibility index (Phi) is 9.37. The van der Waals surface area contributed by atoms with Crippen LogP contribution in [0.25, 0.3) is 0 Å². The Morgan fingerprint density at radius 3 is 2.48 bits per heavy atom. The van der Waals surface area contributed by atoms with Crippen LogP contribution in [-0.4, -0.2) is 51.5 Å². The van der Waals surface area contributed by atoms with Gasteiger partial charge in [-0.3, -0.25) is 4.79 Å². The quantitative estimate of drug-likeness (QED) is 0.676. The van der Waals surface area contributed by atoms with Gasteiger partial charge in [-0.15, -0.1) is 12.4 Å². The van der Waals surface area contributed by atoms with E-state index in [1.54, 1.807) is 6.07 Å². The normalized spacial score (nSPS) is 15.4. The summed E-state index contributed by atoms with van der Waals surface area (Å²) in [5.41, 5.74) is 6.91. The molecule has 0 unspecified atom stereocenters. The van der Waals surface area contributed by atoms with Crippen molar-refractivity contribution >= 4 is 28.3 Å². The molecule has 0 aromatic heterocycles. The number of nitrogens with two attached hydrogens (primary N) is 1. The van der Waals surface area contributed by atoms with Crippen LogP contribution in [0.15, 0.2) is 24.3 Å². The van der Waals surface area contributed by atoms with E-state index in [0.29, 0.717) is 57.8 Å². The van der Waals surface area contributed by atoms with E-state index in [1.807, 2.05) is 18.2 Å². The molecule has 1 aromatic rings. The topological polar surface area (TPSA) is 102 Å². The molecular weight excluding hydrogens is 366 g/mol. The molecule has 1 amide bonds. The maximum absolute atomic E-state index is 12.6. The van der Waals surface area contributed by atoms with E-state index in [0.717, 1.165) is 5.56 Å². The third-order valence-electron chi connectivity index (χ3n) is 3.90. The van der Waals surface area contributed by atoms with Gasteiger partial charge >= 0.3 is 0 Å². The molecule has 2 rings (SSSR count). The first-order valence-electron chi connectivity index (χ1n) is 8.12. The van der Waals surface area contributed by atoms with Gasteiger partial charge in [0.15, 0.2) is 0 Å².